The predicted octanol–water partition coefficient (Wildman–Crippen LogP) is 0.390. The van der Waals surface area contributed by atoms with E-state index in [2.05, 4.69) is 0 Å². The van der Waals surface area contributed by atoms with E-state index in [0.717, 1.165) is 12.8 Å². The average molecular weight is 350 g/mol. The lowest BCUT2D eigenvalue weighted by atomic mass is 9.94. The van der Waals surface area contributed by atoms with Crippen LogP contribution in [0.2, 0.25) is 0 Å². The van der Waals surface area contributed by atoms with Crippen LogP contribution in [0.25, 0.3) is 0 Å². The minimum Gasteiger partial charge on any atom is -0.394 e. The van der Waals surface area contributed by atoms with Crippen LogP contribution in [0.1, 0.15) is 33.6 Å². The molecule has 0 spiro atoms. The molecule has 2 fully saturated rings. The molecular formula is C16H30O8. The fourth-order valence-corrected chi connectivity index (χ4v) is 3.00. The van der Waals surface area contributed by atoms with Crippen molar-refractivity contribution in [3.8, 4) is 0 Å². The van der Waals surface area contributed by atoms with Crippen molar-refractivity contribution >= 4 is 0 Å². The molecule has 2 N–H and O–H groups in total. The molecular weight excluding hydrogens is 320 g/mol. The number of ether oxygens (including phenoxy) is 6. The third kappa shape index (κ3) is 3.47. The zero-order chi connectivity index (χ0) is 18.0. The van der Waals surface area contributed by atoms with Gasteiger partial charge in [0, 0.05) is 20.8 Å². The molecule has 0 aromatic carbocycles. The first kappa shape index (κ1) is 20.0. The molecule has 0 aromatic heterocycles. The van der Waals surface area contributed by atoms with Gasteiger partial charge in [0.15, 0.2) is 6.29 Å². The summed E-state index contributed by atoms with van der Waals surface area (Å²) < 4.78 is 34.2. The Balaban J connectivity index is 2.21. The Morgan fingerprint density at radius 3 is 2.12 bits per heavy atom. The van der Waals surface area contributed by atoms with E-state index in [4.69, 9.17) is 28.4 Å². The van der Waals surface area contributed by atoms with Crippen LogP contribution in [0, 0.1) is 0 Å². The second-order valence-corrected chi connectivity index (χ2v) is 6.41. The van der Waals surface area contributed by atoms with Gasteiger partial charge in [0.1, 0.15) is 24.4 Å². The Labute approximate surface area is 142 Å². The molecule has 2 saturated heterocycles. The van der Waals surface area contributed by atoms with Gasteiger partial charge in [-0.3, -0.25) is 0 Å². The standard InChI is InChI=1S/C16H30O8/c1-6-7-8-21-14-11(18)13-12(10(9-17)22-14)23-15(2,19-4)16(3,20-5)24-13/h10-14,17-18H,6-9H2,1-5H3/t10-,11-,12-,13-,14-,15+,16+/m1/s1. The molecule has 2 aliphatic heterocycles. The number of methoxy groups -OCH3 is 2. The summed E-state index contributed by atoms with van der Waals surface area (Å²) in [5.41, 5.74) is 0. The van der Waals surface area contributed by atoms with E-state index in [0.29, 0.717) is 6.61 Å². The molecule has 2 aliphatic rings. The summed E-state index contributed by atoms with van der Waals surface area (Å²) in [6.07, 6.45) is -2.37. The minimum absolute atomic E-state index is 0.297. The van der Waals surface area contributed by atoms with Crippen molar-refractivity contribution in [2.75, 3.05) is 27.4 Å². The zero-order valence-electron chi connectivity index (χ0n) is 15.1. The van der Waals surface area contributed by atoms with Gasteiger partial charge in [0.25, 0.3) is 0 Å². The van der Waals surface area contributed by atoms with Crippen LogP contribution in [-0.4, -0.2) is 79.9 Å². The summed E-state index contributed by atoms with van der Waals surface area (Å²) in [6, 6.07) is 0. The molecule has 0 bridgehead atoms. The van der Waals surface area contributed by atoms with Crippen LogP contribution >= 0.6 is 0 Å². The predicted molar refractivity (Wildman–Crippen MR) is 83.2 cm³/mol. The van der Waals surface area contributed by atoms with Crippen LogP contribution in [0.3, 0.4) is 0 Å². The molecule has 8 heteroatoms. The highest BCUT2D eigenvalue weighted by atomic mass is 16.8. The van der Waals surface area contributed by atoms with E-state index in [-0.39, 0.29) is 6.61 Å². The summed E-state index contributed by atoms with van der Waals surface area (Å²) in [6.45, 7) is 5.55. The number of unbranched alkanes of at least 4 members (excludes halogenated alkanes) is 1. The summed E-state index contributed by atoms with van der Waals surface area (Å²) in [4.78, 5) is 0. The van der Waals surface area contributed by atoms with Crippen LogP contribution < -0.4 is 0 Å². The molecule has 0 aromatic rings. The van der Waals surface area contributed by atoms with Crippen molar-refractivity contribution in [2.24, 2.45) is 0 Å². The maximum Gasteiger partial charge on any atom is 0.220 e. The lowest BCUT2D eigenvalue weighted by Gasteiger charge is -2.56. The molecule has 0 radical (unpaired) electrons. The topological polar surface area (TPSA) is 95.8 Å². The lowest BCUT2D eigenvalue weighted by molar-refractivity contribution is -0.479. The number of hydrogen-bond donors (Lipinski definition) is 2. The average Bonchev–Trinajstić information content (AvgIpc) is 2.59. The molecule has 2 rings (SSSR count). The van der Waals surface area contributed by atoms with Crippen molar-refractivity contribution in [1.29, 1.82) is 0 Å². The largest absolute Gasteiger partial charge is 0.394 e. The third-order valence-corrected chi connectivity index (χ3v) is 4.90. The number of hydrogen-bond acceptors (Lipinski definition) is 8. The summed E-state index contributed by atoms with van der Waals surface area (Å²) >= 11 is 0. The van der Waals surface area contributed by atoms with Crippen molar-refractivity contribution in [2.45, 2.75) is 75.9 Å². The van der Waals surface area contributed by atoms with E-state index in [1.54, 1.807) is 13.8 Å². The van der Waals surface area contributed by atoms with Gasteiger partial charge < -0.3 is 38.6 Å². The van der Waals surface area contributed by atoms with E-state index in [1.807, 2.05) is 6.92 Å². The molecule has 0 unspecified atom stereocenters. The maximum absolute atomic E-state index is 10.6. The Morgan fingerprint density at radius 2 is 1.62 bits per heavy atom. The Morgan fingerprint density at radius 1 is 1.04 bits per heavy atom. The van der Waals surface area contributed by atoms with Crippen LogP contribution in [0.5, 0.6) is 0 Å². The van der Waals surface area contributed by atoms with Crippen molar-refractivity contribution in [1.82, 2.24) is 0 Å². The maximum atomic E-state index is 10.6. The fourth-order valence-electron chi connectivity index (χ4n) is 3.00. The van der Waals surface area contributed by atoms with E-state index in [1.165, 1.54) is 14.2 Å². The first-order valence-corrected chi connectivity index (χ1v) is 8.37. The lowest BCUT2D eigenvalue weighted by Crippen LogP contribution is -2.73. The Hall–Kier alpha value is -0.320. The van der Waals surface area contributed by atoms with Gasteiger partial charge in [-0.15, -0.1) is 0 Å². The molecule has 7 atom stereocenters. The monoisotopic (exact) mass is 350 g/mol. The fraction of sp³-hybridized carbons (Fsp3) is 1.00. The van der Waals surface area contributed by atoms with Crippen molar-refractivity contribution < 1.29 is 38.6 Å². The summed E-state index contributed by atoms with van der Waals surface area (Å²) in [7, 11) is 2.96. The second-order valence-electron chi connectivity index (χ2n) is 6.41. The van der Waals surface area contributed by atoms with E-state index >= 15 is 0 Å². The molecule has 142 valence electrons. The highest BCUT2D eigenvalue weighted by Crippen LogP contribution is 2.43. The molecule has 24 heavy (non-hydrogen) atoms. The number of aliphatic hydroxyl groups excluding tert-OH is 2. The highest BCUT2D eigenvalue weighted by molar-refractivity contribution is 4.99. The minimum atomic E-state index is -1.24. The second kappa shape index (κ2) is 7.92. The van der Waals surface area contributed by atoms with Gasteiger partial charge in [-0.1, -0.05) is 13.3 Å². The molecule has 0 amide bonds. The normalized spacial score (nSPS) is 45.9. The smallest absolute Gasteiger partial charge is 0.220 e. The molecule has 0 saturated carbocycles. The zero-order valence-corrected chi connectivity index (χ0v) is 15.1. The van der Waals surface area contributed by atoms with Crippen molar-refractivity contribution in [3.05, 3.63) is 0 Å². The van der Waals surface area contributed by atoms with Crippen LogP contribution in [-0.2, 0) is 28.4 Å². The van der Waals surface area contributed by atoms with Gasteiger partial charge in [0.2, 0.25) is 11.6 Å². The molecule has 0 aliphatic carbocycles. The van der Waals surface area contributed by atoms with Crippen LogP contribution in [0.4, 0.5) is 0 Å². The molecule has 2 heterocycles. The van der Waals surface area contributed by atoms with E-state index in [9.17, 15) is 10.2 Å². The van der Waals surface area contributed by atoms with Crippen LogP contribution in [0.15, 0.2) is 0 Å². The number of rotatable bonds is 7. The first-order valence-electron chi connectivity index (χ1n) is 8.37. The van der Waals surface area contributed by atoms with Gasteiger partial charge in [-0.05, 0) is 20.3 Å². The molecule has 8 nitrogen and oxygen atoms in total. The summed E-state index contributed by atoms with van der Waals surface area (Å²) in [5, 5.41) is 20.3. The third-order valence-electron chi connectivity index (χ3n) is 4.90. The summed E-state index contributed by atoms with van der Waals surface area (Å²) in [5.74, 6) is -2.47. The van der Waals surface area contributed by atoms with Gasteiger partial charge in [0.05, 0.1) is 6.61 Å². The Bertz CT molecular complexity index is 408. The highest BCUT2D eigenvalue weighted by Gasteiger charge is 2.62. The van der Waals surface area contributed by atoms with E-state index < -0.39 is 42.3 Å². The number of fused-ring (bicyclic) bond motifs is 1. The number of aliphatic hydroxyl groups is 2. The Kier molecular flexibility index (Phi) is 6.60. The first-order chi connectivity index (χ1) is 11.4. The van der Waals surface area contributed by atoms with Gasteiger partial charge in [-0.2, -0.15) is 0 Å². The SMILES string of the molecule is CCCCO[C@@H]1O[C@H](CO)[C@H]2O[C@](C)(OC)[C@@](C)(OC)O[C@@H]2[C@H]1O. The van der Waals surface area contributed by atoms with Gasteiger partial charge in [-0.25, -0.2) is 0 Å². The van der Waals surface area contributed by atoms with Gasteiger partial charge >= 0.3 is 0 Å². The van der Waals surface area contributed by atoms with Crippen molar-refractivity contribution in [3.63, 3.8) is 0 Å². The quantitative estimate of drug-likeness (QED) is 0.637.